The highest BCUT2D eigenvalue weighted by atomic mass is 16.3. The van der Waals surface area contributed by atoms with Crippen molar-refractivity contribution >= 4 is 5.91 Å². The Balaban J connectivity index is 3.61. The highest BCUT2D eigenvalue weighted by Gasteiger charge is 2.17. The van der Waals surface area contributed by atoms with Gasteiger partial charge in [-0.15, -0.1) is 0 Å². The van der Waals surface area contributed by atoms with Crippen LogP contribution >= 0.6 is 0 Å². The zero-order chi connectivity index (χ0) is 50.6. The Bertz CT molecular complexity index is 1470. The predicted molar refractivity (Wildman–Crippen MR) is 312 cm³/mol. The van der Waals surface area contributed by atoms with E-state index in [1.165, 1.54) is 128 Å². The fourth-order valence-corrected chi connectivity index (χ4v) is 7.91. The van der Waals surface area contributed by atoms with Crippen LogP contribution in [0.4, 0.5) is 0 Å². The van der Waals surface area contributed by atoms with Gasteiger partial charge in [-0.2, -0.15) is 0 Å². The molecule has 0 aromatic rings. The van der Waals surface area contributed by atoms with Crippen LogP contribution in [0.15, 0.2) is 146 Å². The first-order chi connectivity index (χ1) is 34.7. The Kier molecular flexibility index (Phi) is 56.4. The Hall–Kier alpha value is -3.73. The lowest BCUT2D eigenvalue weighted by Gasteiger charge is -2.19. The predicted octanol–water partition coefficient (Wildman–Crippen LogP) is 19.6. The van der Waals surface area contributed by atoms with Crippen LogP contribution in [0.1, 0.15) is 245 Å². The highest BCUT2D eigenvalue weighted by Crippen LogP contribution is 2.14. The van der Waals surface area contributed by atoms with Crippen molar-refractivity contribution in [2.45, 2.75) is 257 Å². The van der Waals surface area contributed by atoms with E-state index in [0.29, 0.717) is 6.42 Å². The van der Waals surface area contributed by atoms with E-state index in [1.807, 2.05) is 6.08 Å². The molecule has 2 atom stereocenters. The second-order valence-corrected chi connectivity index (χ2v) is 19.0. The number of nitrogens with one attached hydrogen (secondary N) is 1. The molecule has 0 heterocycles. The second kappa shape index (κ2) is 59.6. The van der Waals surface area contributed by atoms with Gasteiger partial charge in [-0.05, 0) is 116 Å². The average Bonchev–Trinajstić information content (AvgIpc) is 3.36. The Morgan fingerprint density at radius 3 is 1.00 bits per heavy atom. The molecule has 70 heavy (non-hydrogen) atoms. The van der Waals surface area contributed by atoms with Crippen LogP contribution < -0.4 is 5.32 Å². The van der Waals surface area contributed by atoms with Gasteiger partial charge in [0.15, 0.2) is 0 Å². The quantitative estimate of drug-likeness (QED) is 0.0420. The van der Waals surface area contributed by atoms with Crippen molar-refractivity contribution in [3.05, 3.63) is 146 Å². The third-order valence-corrected chi connectivity index (χ3v) is 12.3. The number of carbonyl (C=O) groups excluding carboxylic acids is 1. The molecule has 0 aromatic carbocycles. The normalized spacial score (nSPS) is 13.9. The highest BCUT2D eigenvalue weighted by molar-refractivity contribution is 5.76. The van der Waals surface area contributed by atoms with Crippen LogP contribution in [0.5, 0.6) is 0 Å². The molecular weight excluding hydrogens is 855 g/mol. The minimum absolute atomic E-state index is 0.0847. The third kappa shape index (κ3) is 55.2. The van der Waals surface area contributed by atoms with Crippen molar-refractivity contribution in [2.24, 2.45) is 0 Å². The molecular formula is C66H109NO3. The van der Waals surface area contributed by atoms with Crippen LogP contribution in [-0.2, 0) is 4.79 Å². The molecule has 0 aromatic heterocycles. The van der Waals surface area contributed by atoms with E-state index in [1.54, 1.807) is 6.08 Å². The lowest BCUT2D eigenvalue weighted by molar-refractivity contribution is -0.123. The number of aliphatic hydroxyl groups excluding tert-OH is 2. The van der Waals surface area contributed by atoms with Crippen LogP contribution in [0.3, 0.4) is 0 Å². The van der Waals surface area contributed by atoms with E-state index in [2.05, 4.69) is 153 Å². The summed E-state index contributed by atoms with van der Waals surface area (Å²) in [5, 5.41) is 23.1. The number of amides is 1. The third-order valence-electron chi connectivity index (χ3n) is 12.3. The molecule has 396 valence electrons. The van der Waals surface area contributed by atoms with E-state index >= 15 is 0 Å². The van der Waals surface area contributed by atoms with E-state index in [9.17, 15) is 15.0 Å². The second-order valence-electron chi connectivity index (χ2n) is 19.0. The average molecular weight is 965 g/mol. The summed E-state index contributed by atoms with van der Waals surface area (Å²) in [5.74, 6) is -0.0847. The van der Waals surface area contributed by atoms with Crippen molar-refractivity contribution in [3.8, 4) is 0 Å². The monoisotopic (exact) mass is 964 g/mol. The summed E-state index contributed by atoms with van der Waals surface area (Å²) in [7, 11) is 0. The maximum atomic E-state index is 12.5. The molecule has 0 aliphatic heterocycles. The first-order valence-corrected chi connectivity index (χ1v) is 29.0. The fraction of sp³-hybridized carbons (Fsp3) is 0.621. The number of unbranched alkanes of at least 4 members (excludes halogenated alkanes) is 22. The van der Waals surface area contributed by atoms with Crippen molar-refractivity contribution < 1.29 is 15.0 Å². The summed E-state index contributed by atoms with van der Waals surface area (Å²) in [5.41, 5.74) is 0. The maximum Gasteiger partial charge on any atom is 0.220 e. The van der Waals surface area contributed by atoms with Gasteiger partial charge in [-0.25, -0.2) is 0 Å². The van der Waals surface area contributed by atoms with Gasteiger partial charge in [-0.1, -0.05) is 269 Å². The molecule has 1 amide bonds. The zero-order valence-electron chi connectivity index (χ0n) is 45.5. The molecule has 0 radical (unpaired) electrons. The van der Waals surface area contributed by atoms with Gasteiger partial charge in [-0.3, -0.25) is 4.79 Å². The Morgan fingerprint density at radius 2 is 0.643 bits per heavy atom. The lowest BCUT2D eigenvalue weighted by atomic mass is 10.0. The number of hydrogen-bond donors (Lipinski definition) is 3. The minimum atomic E-state index is -0.879. The summed E-state index contributed by atoms with van der Waals surface area (Å²) in [6.45, 7) is 4.16. The van der Waals surface area contributed by atoms with Crippen molar-refractivity contribution in [3.63, 3.8) is 0 Å². The zero-order valence-corrected chi connectivity index (χ0v) is 45.5. The molecule has 0 fully saturated rings. The largest absolute Gasteiger partial charge is 0.394 e. The van der Waals surface area contributed by atoms with Gasteiger partial charge >= 0.3 is 0 Å². The smallest absolute Gasteiger partial charge is 0.220 e. The number of allylic oxidation sites excluding steroid dienone is 23. The van der Waals surface area contributed by atoms with Crippen LogP contribution in [0.25, 0.3) is 0 Å². The van der Waals surface area contributed by atoms with Gasteiger partial charge in [0, 0.05) is 6.42 Å². The molecule has 3 N–H and O–H groups in total. The molecule has 0 spiro atoms. The van der Waals surface area contributed by atoms with Gasteiger partial charge in [0.1, 0.15) is 0 Å². The van der Waals surface area contributed by atoms with E-state index < -0.39 is 12.1 Å². The standard InChI is InChI=1S/C66H109NO3/c1-3-5-7-9-11-13-15-17-19-21-22-23-24-25-26-27-28-29-30-31-32-33-34-35-36-37-38-39-40-41-42-43-44-46-48-50-52-54-56-58-60-62-66(70)67-64(63-68)65(69)61-59-57-55-53-51-49-47-45-20-18-16-14-12-10-8-6-4-2/h5,7,11,13,17,19-20,22-23,25-26,28-29,31-32,34-35,37-38,45,51,53,59,61,64-65,68-69H,3-4,6,8-10,12,14-16,18,21,24,27,30,33,36,39-44,46-50,52,54-58,60,62-63H2,1-2H3,(H,67,70)/b7-5-,13-11-,19-17-,23-22-,26-25-,29-28-,32-31-,35-34-,38-37-,45-20+,53-51+,61-59+. The molecule has 4 nitrogen and oxygen atoms in total. The Morgan fingerprint density at radius 1 is 0.357 bits per heavy atom. The molecule has 0 rings (SSSR count). The van der Waals surface area contributed by atoms with Gasteiger partial charge < -0.3 is 15.5 Å². The van der Waals surface area contributed by atoms with E-state index in [-0.39, 0.29) is 12.5 Å². The summed E-state index contributed by atoms with van der Waals surface area (Å²) in [6.07, 6.45) is 94.4. The van der Waals surface area contributed by atoms with Crippen LogP contribution in [0.2, 0.25) is 0 Å². The molecule has 0 aliphatic rings. The topological polar surface area (TPSA) is 69.6 Å². The fourth-order valence-electron chi connectivity index (χ4n) is 7.91. The summed E-state index contributed by atoms with van der Waals surface area (Å²) in [6, 6.07) is -0.655. The minimum Gasteiger partial charge on any atom is -0.394 e. The number of aliphatic hydroxyl groups is 2. The molecule has 0 saturated heterocycles. The first kappa shape index (κ1) is 66.3. The molecule has 4 heteroatoms. The van der Waals surface area contributed by atoms with Crippen molar-refractivity contribution in [2.75, 3.05) is 6.61 Å². The summed E-state index contributed by atoms with van der Waals surface area (Å²) in [4.78, 5) is 12.5. The van der Waals surface area contributed by atoms with Gasteiger partial charge in [0.05, 0.1) is 18.8 Å². The SMILES string of the molecule is CC/C=C\C/C=C\C/C=C\C/C=C\C/C=C\C/C=C\C/C=C\C/C=C\C/C=C\CCCCCCCCCCCCCCCC(=O)NC(CO)C(O)/C=C/CC/C=C/CC/C=C/CCCCCCCCC. The van der Waals surface area contributed by atoms with Gasteiger partial charge in [0.25, 0.3) is 0 Å². The Labute approximate surface area is 433 Å². The van der Waals surface area contributed by atoms with Crippen LogP contribution in [0, 0.1) is 0 Å². The number of rotatable bonds is 51. The summed E-state index contributed by atoms with van der Waals surface area (Å²) < 4.78 is 0. The van der Waals surface area contributed by atoms with E-state index in [4.69, 9.17) is 0 Å². The van der Waals surface area contributed by atoms with Crippen molar-refractivity contribution in [1.82, 2.24) is 5.32 Å². The number of carbonyl (C=O) groups is 1. The molecule has 2 unspecified atom stereocenters. The first-order valence-electron chi connectivity index (χ1n) is 29.0. The van der Waals surface area contributed by atoms with Gasteiger partial charge in [0.2, 0.25) is 5.91 Å². The maximum absolute atomic E-state index is 12.5. The lowest BCUT2D eigenvalue weighted by Crippen LogP contribution is -2.45. The van der Waals surface area contributed by atoms with E-state index in [0.717, 1.165) is 96.3 Å². The summed E-state index contributed by atoms with van der Waals surface area (Å²) >= 11 is 0. The number of hydrogen-bond acceptors (Lipinski definition) is 3. The molecule has 0 bridgehead atoms. The molecule has 0 saturated carbocycles. The van der Waals surface area contributed by atoms with Crippen molar-refractivity contribution in [1.29, 1.82) is 0 Å². The van der Waals surface area contributed by atoms with Crippen LogP contribution in [-0.4, -0.2) is 34.9 Å². The molecule has 0 aliphatic carbocycles.